The molecule has 1 aliphatic rings. The number of hydrogen-bond acceptors (Lipinski definition) is 5. The van der Waals surface area contributed by atoms with Gasteiger partial charge in [-0.05, 0) is 42.6 Å². The molecule has 1 aromatic carbocycles. The zero-order valence-corrected chi connectivity index (χ0v) is 16.3. The maximum absolute atomic E-state index is 12.5. The smallest absolute Gasteiger partial charge is 0.224 e. The number of amides is 1. The first-order valence-corrected chi connectivity index (χ1v) is 9.82. The summed E-state index contributed by atoms with van der Waals surface area (Å²) in [5.74, 6) is 1.72. The van der Waals surface area contributed by atoms with Gasteiger partial charge in [-0.25, -0.2) is 0 Å². The number of ether oxygens (including phenoxy) is 2. The lowest BCUT2D eigenvalue weighted by atomic mass is 10.1. The summed E-state index contributed by atoms with van der Waals surface area (Å²) in [4.78, 5) is 18.0. The average molecular weight is 375 g/mol. The molecule has 0 N–H and O–H groups in total. The largest absolute Gasteiger partial charge is 0.493 e. The predicted molar refractivity (Wildman–Crippen MR) is 104 cm³/mol. The zero-order chi connectivity index (χ0) is 18.4. The van der Waals surface area contributed by atoms with Gasteiger partial charge in [0, 0.05) is 37.5 Å². The number of hydrogen-bond donors (Lipinski definition) is 0. The fourth-order valence-corrected chi connectivity index (χ4v) is 3.96. The highest BCUT2D eigenvalue weighted by molar-refractivity contribution is 7.10. The molecule has 2 heterocycles. The minimum Gasteiger partial charge on any atom is -0.493 e. The van der Waals surface area contributed by atoms with Gasteiger partial charge in [0.1, 0.15) is 6.61 Å². The molecular weight excluding hydrogens is 348 g/mol. The Bertz CT molecular complexity index is 731. The van der Waals surface area contributed by atoms with Crippen molar-refractivity contribution in [1.29, 1.82) is 0 Å². The summed E-state index contributed by atoms with van der Waals surface area (Å²) in [6.45, 7) is 3.67. The number of benzene rings is 1. The van der Waals surface area contributed by atoms with E-state index in [-0.39, 0.29) is 5.91 Å². The molecular formula is C20H26N2O3S. The van der Waals surface area contributed by atoms with Crippen molar-refractivity contribution in [3.63, 3.8) is 0 Å². The highest BCUT2D eigenvalue weighted by Gasteiger charge is 2.21. The first-order chi connectivity index (χ1) is 12.7. The standard InChI is InChI=1S/C20H26N2O3S/c1-21(12-13-25-18-6-4-3-5-17(18)24-2)10-8-20(23)22-11-7-19-16(15-22)9-14-26-19/h3-6,9,14H,7-8,10-13,15H2,1-2H3. The maximum Gasteiger partial charge on any atom is 0.224 e. The van der Waals surface area contributed by atoms with E-state index in [1.54, 1.807) is 18.4 Å². The molecule has 26 heavy (non-hydrogen) atoms. The Morgan fingerprint density at radius 2 is 2.04 bits per heavy atom. The number of carbonyl (C=O) groups excluding carboxylic acids is 1. The van der Waals surface area contributed by atoms with Crippen LogP contribution in [0.1, 0.15) is 16.9 Å². The van der Waals surface area contributed by atoms with E-state index in [4.69, 9.17) is 9.47 Å². The number of rotatable bonds is 8. The van der Waals surface area contributed by atoms with Gasteiger partial charge >= 0.3 is 0 Å². The third-order valence-corrected chi connectivity index (χ3v) is 5.69. The van der Waals surface area contributed by atoms with E-state index in [0.717, 1.165) is 44.1 Å². The molecule has 0 saturated carbocycles. The summed E-state index contributed by atoms with van der Waals surface area (Å²) < 4.78 is 11.1. The van der Waals surface area contributed by atoms with Gasteiger partial charge in [0.05, 0.1) is 7.11 Å². The van der Waals surface area contributed by atoms with Crippen molar-refractivity contribution in [2.45, 2.75) is 19.4 Å². The second-order valence-electron chi connectivity index (χ2n) is 6.49. The van der Waals surface area contributed by atoms with Gasteiger partial charge in [-0.15, -0.1) is 11.3 Å². The molecule has 0 atom stereocenters. The van der Waals surface area contributed by atoms with E-state index in [0.29, 0.717) is 13.0 Å². The lowest BCUT2D eigenvalue weighted by molar-refractivity contribution is -0.132. The number of methoxy groups -OCH3 is 1. The van der Waals surface area contributed by atoms with Gasteiger partial charge < -0.3 is 19.3 Å². The van der Waals surface area contributed by atoms with Gasteiger partial charge in [-0.2, -0.15) is 0 Å². The van der Waals surface area contributed by atoms with Crippen LogP contribution < -0.4 is 9.47 Å². The molecule has 1 amide bonds. The predicted octanol–water partition coefficient (Wildman–Crippen LogP) is 3.04. The molecule has 2 aromatic rings. The monoisotopic (exact) mass is 374 g/mol. The molecule has 0 spiro atoms. The molecule has 3 rings (SSSR count). The Labute approximate surface area is 159 Å². The number of para-hydroxylation sites is 2. The SMILES string of the molecule is COc1ccccc1OCCN(C)CCC(=O)N1CCc2sccc2C1. The minimum atomic E-state index is 0.236. The second-order valence-corrected chi connectivity index (χ2v) is 7.49. The number of nitrogens with zero attached hydrogens (tertiary/aromatic N) is 2. The molecule has 0 saturated heterocycles. The van der Waals surface area contributed by atoms with Crippen LogP contribution in [-0.4, -0.2) is 56.1 Å². The van der Waals surface area contributed by atoms with Crippen LogP contribution in [0.2, 0.25) is 0 Å². The van der Waals surface area contributed by atoms with Crippen molar-refractivity contribution < 1.29 is 14.3 Å². The van der Waals surface area contributed by atoms with E-state index < -0.39 is 0 Å². The molecule has 0 aliphatic carbocycles. The number of carbonyl (C=O) groups is 1. The lowest BCUT2D eigenvalue weighted by Crippen LogP contribution is -2.37. The van der Waals surface area contributed by atoms with E-state index >= 15 is 0 Å². The Morgan fingerprint density at radius 3 is 2.85 bits per heavy atom. The van der Waals surface area contributed by atoms with Crippen LogP contribution in [0.15, 0.2) is 35.7 Å². The lowest BCUT2D eigenvalue weighted by Gasteiger charge is -2.28. The third-order valence-electron chi connectivity index (χ3n) is 4.67. The normalized spacial score (nSPS) is 13.6. The van der Waals surface area contributed by atoms with Crippen molar-refractivity contribution in [3.8, 4) is 11.5 Å². The second kappa shape index (κ2) is 9.05. The topological polar surface area (TPSA) is 42.0 Å². The zero-order valence-electron chi connectivity index (χ0n) is 15.4. The summed E-state index contributed by atoms with van der Waals surface area (Å²) in [5.41, 5.74) is 1.31. The summed E-state index contributed by atoms with van der Waals surface area (Å²) in [7, 11) is 3.66. The Balaban J connectivity index is 1.37. The van der Waals surface area contributed by atoms with Gasteiger partial charge in [-0.3, -0.25) is 4.79 Å². The van der Waals surface area contributed by atoms with E-state index in [9.17, 15) is 4.79 Å². The molecule has 1 aromatic heterocycles. The molecule has 5 nitrogen and oxygen atoms in total. The molecule has 6 heteroatoms. The summed E-state index contributed by atoms with van der Waals surface area (Å²) >= 11 is 1.80. The summed E-state index contributed by atoms with van der Waals surface area (Å²) in [6.07, 6.45) is 1.53. The van der Waals surface area contributed by atoms with Crippen molar-refractivity contribution >= 4 is 17.2 Å². The molecule has 0 bridgehead atoms. The van der Waals surface area contributed by atoms with Crippen molar-refractivity contribution in [2.24, 2.45) is 0 Å². The highest BCUT2D eigenvalue weighted by atomic mass is 32.1. The van der Waals surface area contributed by atoms with Crippen LogP contribution in [0, 0.1) is 0 Å². The quantitative estimate of drug-likeness (QED) is 0.712. The highest BCUT2D eigenvalue weighted by Crippen LogP contribution is 2.26. The van der Waals surface area contributed by atoms with Crippen LogP contribution in [0.5, 0.6) is 11.5 Å². The van der Waals surface area contributed by atoms with Crippen LogP contribution in [0.25, 0.3) is 0 Å². The maximum atomic E-state index is 12.5. The van der Waals surface area contributed by atoms with Gasteiger partial charge in [0.25, 0.3) is 0 Å². The number of thiophene rings is 1. The Hall–Kier alpha value is -2.05. The number of fused-ring (bicyclic) bond motifs is 1. The van der Waals surface area contributed by atoms with Crippen LogP contribution in [0.3, 0.4) is 0 Å². The number of likely N-dealkylation sites (N-methyl/N-ethyl adjacent to an activating group) is 1. The molecule has 0 fully saturated rings. The molecule has 140 valence electrons. The summed E-state index contributed by atoms with van der Waals surface area (Å²) in [6, 6.07) is 9.77. The Morgan fingerprint density at radius 1 is 1.23 bits per heavy atom. The van der Waals surface area contributed by atoms with E-state index in [1.165, 1.54) is 10.4 Å². The van der Waals surface area contributed by atoms with Crippen molar-refractivity contribution in [3.05, 3.63) is 46.2 Å². The van der Waals surface area contributed by atoms with Crippen LogP contribution in [0.4, 0.5) is 0 Å². The molecule has 0 unspecified atom stereocenters. The van der Waals surface area contributed by atoms with Gasteiger partial charge in [0.15, 0.2) is 11.5 Å². The van der Waals surface area contributed by atoms with Crippen molar-refractivity contribution in [2.75, 3.05) is 40.4 Å². The third kappa shape index (κ3) is 4.77. The molecule has 0 radical (unpaired) electrons. The fraction of sp³-hybridized carbons (Fsp3) is 0.450. The van der Waals surface area contributed by atoms with Crippen LogP contribution in [-0.2, 0) is 17.8 Å². The van der Waals surface area contributed by atoms with E-state index in [1.807, 2.05) is 36.2 Å². The average Bonchev–Trinajstić information content (AvgIpc) is 3.14. The first-order valence-electron chi connectivity index (χ1n) is 8.94. The Kier molecular flexibility index (Phi) is 6.52. The van der Waals surface area contributed by atoms with E-state index in [2.05, 4.69) is 16.3 Å². The minimum absolute atomic E-state index is 0.236. The van der Waals surface area contributed by atoms with Gasteiger partial charge in [0.2, 0.25) is 5.91 Å². The van der Waals surface area contributed by atoms with Gasteiger partial charge in [-0.1, -0.05) is 12.1 Å². The first kappa shape index (κ1) is 18.7. The molecule has 1 aliphatic heterocycles. The van der Waals surface area contributed by atoms with Crippen LogP contribution >= 0.6 is 11.3 Å². The summed E-state index contributed by atoms with van der Waals surface area (Å²) in [5, 5.41) is 2.12. The van der Waals surface area contributed by atoms with Crippen molar-refractivity contribution in [1.82, 2.24) is 9.80 Å². The fourth-order valence-electron chi connectivity index (χ4n) is 3.07.